The van der Waals surface area contributed by atoms with E-state index >= 15 is 0 Å². The molecule has 0 amide bonds. The van der Waals surface area contributed by atoms with Crippen molar-refractivity contribution < 1.29 is 4.42 Å². The zero-order valence-electron chi connectivity index (χ0n) is 23.4. The van der Waals surface area contributed by atoms with E-state index in [9.17, 15) is 0 Å². The van der Waals surface area contributed by atoms with Gasteiger partial charge in [0, 0.05) is 12.8 Å². The molecule has 194 valence electrons. The minimum atomic E-state index is 1.17. The van der Waals surface area contributed by atoms with Crippen LogP contribution in [0.15, 0.2) is 4.42 Å². The third-order valence-corrected chi connectivity index (χ3v) is 7.36. The smallest absolute Gasteiger partial charge is 0.107 e. The Morgan fingerprint density at radius 1 is 0.333 bits per heavy atom. The van der Waals surface area contributed by atoms with Crippen LogP contribution < -0.4 is 0 Å². The number of furan rings is 1. The first kappa shape index (κ1) is 30.3. The van der Waals surface area contributed by atoms with E-state index in [-0.39, 0.29) is 0 Å². The van der Waals surface area contributed by atoms with E-state index in [1.807, 2.05) is 0 Å². The Morgan fingerprint density at radius 2 is 0.606 bits per heavy atom. The largest absolute Gasteiger partial charge is 0.466 e. The third kappa shape index (κ3) is 14.3. The highest BCUT2D eigenvalue weighted by Crippen LogP contribution is 2.30. The molecule has 0 aliphatic rings. The van der Waals surface area contributed by atoms with E-state index in [0.29, 0.717) is 0 Å². The molecule has 0 aliphatic carbocycles. The van der Waals surface area contributed by atoms with E-state index < -0.39 is 0 Å². The zero-order chi connectivity index (χ0) is 24.0. The van der Waals surface area contributed by atoms with Crippen molar-refractivity contribution in [3.63, 3.8) is 0 Å². The van der Waals surface area contributed by atoms with Crippen LogP contribution in [-0.4, -0.2) is 0 Å². The summed E-state index contributed by atoms with van der Waals surface area (Å²) in [5.41, 5.74) is 3.31. The fraction of sp³-hybridized carbons (Fsp3) is 0.875. The molecule has 0 aromatic carbocycles. The lowest BCUT2D eigenvalue weighted by atomic mass is 9.94. The summed E-state index contributed by atoms with van der Waals surface area (Å²) in [5.74, 6) is 2.77. The van der Waals surface area contributed by atoms with Crippen LogP contribution in [-0.2, 0) is 25.7 Å². The van der Waals surface area contributed by atoms with E-state index in [4.69, 9.17) is 4.42 Å². The summed E-state index contributed by atoms with van der Waals surface area (Å²) in [4.78, 5) is 0. The maximum atomic E-state index is 6.72. The summed E-state index contributed by atoms with van der Waals surface area (Å²) in [6, 6.07) is 0. The molecular weight excluding hydrogens is 400 g/mol. The van der Waals surface area contributed by atoms with Gasteiger partial charge < -0.3 is 4.42 Å². The normalized spacial score (nSPS) is 11.5. The summed E-state index contributed by atoms with van der Waals surface area (Å²) in [5, 5.41) is 0. The lowest BCUT2D eigenvalue weighted by Gasteiger charge is -2.08. The second kappa shape index (κ2) is 21.8. The maximum Gasteiger partial charge on any atom is 0.107 e. The van der Waals surface area contributed by atoms with Gasteiger partial charge in [0.15, 0.2) is 0 Å². The van der Waals surface area contributed by atoms with E-state index in [0.717, 1.165) is 0 Å². The molecule has 1 rings (SSSR count). The van der Waals surface area contributed by atoms with Gasteiger partial charge in [-0.15, -0.1) is 0 Å². The van der Waals surface area contributed by atoms with Crippen LogP contribution >= 0.6 is 0 Å². The zero-order valence-corrected chi connectivity index (χ0v) is 23.4. The molecule has 0 spiro atoms. The van der Waals surface area contributed by atoms with Crippen molar-refractivity contribution in [3.05, 3.63) is 22.6 Å². The van der Waals surface area contributed by atoms with E-state index in [1.165, 1.54) is 166 Å². The second-order valence-corrected chi connectivity index (χ2v) is 10.6. The number of rotatable bonds is 24. The van der Waals surface area contributed by atoms with Gasteiger partial charge in [0.25, 0.3) is 0 Å². The van der Waals surface area contributed by atoms with Gasteiger partial charge >= 0.3 is 0 Å². The molecule has 1 aromatic rings. The SMILES string of the molecule is CCCCCCCc1oc(CCCCCCC)c(CCCCCCC)c1CCCCCCC. The number of hydrogen-bond donors (Lipinski definition) is 0. The topological polar surface area (TPSA) is 13.1 Å². The average molecular weight is 461 g/mol. The van der Waals surface area contributed by atoms with Gasteiger partial charge in [-0.3, -0.25) is 0 Å². The van der Waals surface area contributed by atoms with Gasteiger partial charge in [0.1, 0.15) is 11.5 Å². The molecule has 0 bridgehead atoms. The quantitative estimate of drug-likeness (QED) is 0.140. The van der Waals surface area contributed by atoms with Crippen molar-refractivity contribution in [2.45, 2.75) is 182 Å². The minimum absolute atomic E-state index is 1.17. The van der Waals surface area contributed by atoms with Crippen molar-refractivity contribution in [3.8, 4) is 0 Å². The highest BCUT2D eigenvalue weighted by atomic mass is 16.3. The maximum absolute atomic E-state index is 6.72. The first-order chi connectivity index (χ1) is 16.3. The predicted molar refractivity (Wildman–Crippen MR) is 149 cm³/mol. The molecular formula is C32H60O. The van der Waals surface area contributed by atoms with Crippen molar-refractivity contribution in [2.24, 2.45) is 0 Å². The van der Waals surface area contributed by atoms with E-state index in [2.05, 4.69) is 27.7 Å². The number of unbranched alkanes of at least 4 members (excludes halogenated alkanes) is 16. The summed E-state index contributed by atoms with van der Waals surface area (Å²) in [6.07, 6.45) is 32.1. The lowest BCUT2D eigenvalue weighted by molar-refractivity contribution is 0.440. The predicted octanol–water partition coefficient (Wildman–Crippen LogP) is 11.3. The summed E-state index contributed by atoms with van der Waals surface area (Å²) >= 11 is 0. The number of aryl methyl sites for hydroxylation is 2. The Balaban J connectivity index is 2.86. The summed E-state index contributed by atoms with van der Waals surface area (Å²) in [6.45, 7) is 9.25. The van der Waals surface area contributed by atoms with Crippen LogP contribution in [0.4, 0.5) is 0 Å². The Kier molecular flexibility index (Phi) is 20.0. The molecule has 0 N–H and O–H groups in total. The molecule has 0 aliphatic heterocycles. The average Bonchev–Trinajstić information content (AvgIpc) is 3.14. The Labute approximate surface area is 208 Å². The van der Waals surface area contributed by atoms with Crippen LogP contribution in [0, 0.1) is 0 Å². The van der Waals surface area contributed by atoms with Gasteiger partial charge in [-0.2, -0.15) is 0 Å². The third-order valence-electron chi connectivity index (χ3n) is 7.36. The van der Waals surface area contributed by atoms with Gasteiger partial charge in [-0.05, 0) is 49.7 Å². The first-order valence-corrected chi connectivity index (χ1v) is 15.4. The summed E-state index contributed by atoms with van der Waals surface area (Å²) < 4.78 is 6.72. The Hall–Kier alpha value is -0.720. The molecule has 0 saturated heterocycles. The highest BCUT2D eigenvalue weighted by Gasteiger charge is 2.19. The molecule has 33 heavy (non-hydrogen) atoms. The monoisotopic (exact) mass is 460 g/mol. The van der Waals surface area contributed by atoms with Crippen LogP contribution in [0.25, 0.3) is 0 Å². The Bertz CT molecular complexity index is 494. The molecule has 0 saturated carbocycles. The molecule has 0 unspecified atom stereocenters. The van der Waals surface area contributed by atoms with Crippen molar-refractivity contribution in [2.75, 3.05) is 0 Å². The Morgan fingerprint density at radius 3 is 0.909 bits per heavy atom. The molecule has 1 nitrogen and oxygen atoms in total. The van der Waals surface area contributed by atoms with Crippen LogP contribution in [0.5, 0.6) is 0 Å². The van der Waals surface area contributed by atoms with Crippen molar-refractivity contribution in [1.29, 1.82) is 0 Å². The molecule has 1 heteroatoms. The van der Waals surface area contributed by atoms with Crippen molar-refractivity contribution in [1.82, 2.24) is 0 Å². The van der Waals surface area contributed by atoms with Crippen LogP contribution in [0.2, 0.25) is 0 Å². The molecule has 1 heterocycles. The standard InChI is InChI=1S/C32H60O/c1-5-9-13-17-21-25-29-30(26-22-18-14-10-6-2)32(28-24-20-16-12-8-4)33-31(29)27-23-19-15-11-7-3/h5-28H2,1-4H3. The first-order valence-electron chi connectivity index (χ1n) is 15.4. The van der Waals surface area contributed by atoms with E-state index in [1.54, 1.807) is 11.1 Å². The molecule has 0 atom stereocenters. The minimum Gasteiger partial charge on any atom is -0.466 e. The van der Waals surface area contributed by atoms with Gasteiger partial charge in [0.05, 0.1) is 0 Å². The highest BCUT2D eigenvalue weighted by molar-refractivity contribution is 5.35. The van der Waals surface area contributed by atoms with Crippen LogP contribution in [0.1, 0.15) is 179 Å². The van der Waals surface area contributed by atoms with Gasteiger partial charge in [-0.25, -0.2) is 0 Å². The lowest BCUT2D eigenvalue weighted by Crippen LogP contribution is -1.99. The fourth-order valence-corrected chi connectivity index (χ4v) is 5.18. The van der Waals surface area contributed by atoms with Crippen LogP contribution in [0.3, 0.4) is 0 Å². The second-order valence-electron chi connectivity index (χ2n) is 10.6. The molecule has 1 aromatic heterocycles. The van der Waals surface area contributed by atoms with Gasteiger partial charge in [-0.1, -0.05) is 130 Å². The van der Waals surface area contributed by atoms with Gasteiger partial charge in [0.2, 0.25) is 0 Å². The fourth-order valence-electron chi connectivity index (χ4n) is 5.18. The molecule has 0 fully saturated rings. The molecule has 0 radical (unpaired) electrons. The number of hydrogen-bond acceptors (Lipinski definition) is 1. The summed E-state index contributed by atoms with van der Waals surface area (Å²) in [7, 11) is 0. The van der Waals surface area contributed by atoms with Crippen molar-refractivity contribution >= 4 is 0 Å².